The number of hydrogen-bond acceptors (Lipinski definition) is 4. The molecule has 0 rings (SSSR count). The zero-order valence-electron chi connectivity index (χ0n) is 11.2. The topological polar surface area (TPSA) is 52.6 Å². The Morgan fingerprint density at radius 2 is 1.00 bits per heavy atom. The van der Waals surface area contributed by atoms with E-state index in [2.05, 4.69) is 26.3 Å². The maximum Gasteiger partial charge on any atom is 0.400 e. The van der Waals surface area contributed by atoms with Crippen molar-refractivity contribution in [2.75, 3.05) is 0 Å². The fraction of sp³-hybridized carbons (Fsp3) is 0.429. The van der Waals surface area contributed by atoms with Crippen molar-refractivity contribution in [1.82, 2.24) is 0 Å². The molecule has 0 aliphatic carbocycles. The molecule has 5 heteroatoms. The van der Waals surface area contributed by atoms with Gasteiger partial charge in [0.1, 0.15) is 0 Å². The molecule has 108 valence electrons. The Bertz CT molecular complexity index is 346. The van der Waals surface area contributed by atoms with Crippen LogP contribution in [0.5, 0.6) is 0 Å². The summed E-state index contributed by atoms with van der Waals surface area (Å²) in [5.74, 6) is 0. The lowest BCUT2D eigenvalue weighted by Gasteiger charge is -2.17. The Balaban J connectivity index is 4.64. The first-order valence-corrected chi connectivity index (χ1v) is 7.37. The van der Waals surface area contributed by atoms with Gasteiger partial charge in [0.2, 0.25) is 0 Å². The molecule has 0 unspecified atom stereocenters. The molecule has 0 bridgehead atoms. The molecule has 0 aliphatic heterocycles. The van der Waals surface area contributed by atoms with E-state index in [9.17, 15) is 8.42 Å². The van der Waals surface area contributed by atoms with Gasteiger partial charge >= 0.3 is 10.4 Å². The first kappa shape index (κ1) is 17.8. The Labute approximate surface area is 116 Å². The fourth-order valence-electron chi connectivity index (χ4n) is 1.45. The van der Waals surface area contributed by atoms with E-state index in [1.807, 2.05) is 0 Å². The van der Waals surface area contributed by atoms with Crippen LogP contribution in [-0.2, 0) is 18.8 Å². The highest BCUT2D eigenvalue weighted by molar-refractivity contribution is 7.81. The molecule has 0 aromatic carbocycles. The minimum absolute atomic E-state index is 0.405. The first-order chi connectivity index (χ1) is 8.99. The minimum Gasteiger partial charge on any atom is -0.244 e. The van der Waals surface area contributed by atoms with Gasteiger partial charge in [0.05, 0.1) is 12.2 Å². The van der Waals surface area contributed by atoms with Crippen molar-refractivity contribution in [3.05, 3.63) is 50.6 Å². The number of hydrogen-bond donors (Lipinski definition) is 0. The molecular formula is C14H22O4S. The van der Waals surface area contributed by atoms with Gasteiger partial charge in [-0.2, -0.15) is 8.42 Å². The van der Waals surface area contributed by atoms with E-state index in [-0.39, 0.29) is 0 Å². The van der Waals surface area contributed by atoms with Crippen LogP contribution in [0.25, 0.3) is 0 Å². The minimum atomic E-state index is -4.06. The molecule has 0 radical (unpaired) electrons. The summed E-state index contributed by atoms with van der Waals surface area (Å²) in [6.45, 7) is 14.2. The molecule has 0 amide bonds. The van der Waals surface area contributed by atoms with Crippen molar-refractivity contribution >= 4 is 10.4 Å². The average Bonchev–Trinajstić information content (AvgIpc) is 2.29. The van der Waals surface area contributed by atoms with Gasteiger partial charge in [0, 0.05) is 0 Å². The SMILES string of the molecule is C=CCC(CC=C)OS(=O)(=O)OC(CC=C)CC=C. The summed E-state index contributed by atoms with van der Waals surface area (Å²) in [6.07, 6.45) is 6.92. The second kappa shape index (κ2) is 9.72. The maximum absolute atomic E-state index is 11.8. The lowest BCUT2D eigenvalue weighted by Crippen LogP contribution is -2.24. The van der Waals surface area contributed by atoms with Gasteiger partial charge in [-0.3, -0.25) is 0 Å². The molecule has 0 N–H and O–H groups in total. The third kappa shape index (κ3) is 8.53. The lowest BCUT2D eigenvalue weighted by molar-refractivity contribution is 0.127. The van der Waals surface area contributed by atoms with Crippen LogP contribution in [0, 0.1) is 0 Å². The Morgan fingerprint density at radius 3 is 1.21 bits per heavy atom. The summed E-state index contributed by atoms with van der Waals surface area (Å²) in [5, 5.41) is 0. The van der Waals surface area contributed by atoms with Crippen LogP contribution < -0.4 is 0 Å². The van der Waals surface area contributed by atoms with Gasteiger partial charge < -0.3 is 0 Å². The van der Waals surface area contributed by atoms with Crippen molar-refractivity contribution in [3.8, 4) is 0 Å². The molecule has 0 atom stereocenters. The standard InChI is InChI=1S/C14H22O4S/c1-5-9-13(10-6-2)17-19(15,16)18-14(11-7-3)12-8-4/h5-8,13-14H,1-4,9-12H2. The number of rotatable bonds is 12. The zero-order chi connectivity index (χ0) is 14.7. The van der Waals surface area contributed by atoms with Crippen LogP contribution in [0.2, 0.25) is 0 Å². The summed E-state index contributed by atoms with van der Waals surface area (Å²) in [5.41, 5.74) is 0. The summed E-state index contributed by atoms with van der Waals surface area (Å²) in [6, 6.07) is 0. The van der Waals surface area contributed by atoms with Gasteiger partial charge in [0.25, 0.3) is 0 Å². The third-order valence-electron chi connectivity index (χ3n) is 2.23. The third-order valence-corrected chi connectivity index (χ3v) is 3.24. The second-order valence-corrected chi connectivity index (χ2v) is 5.14. The van der Waals surface area contributed by atoms with Crippen LogP contribution in [-0.4, -0.2) is 20.6 Å². The smallest absolute Gasteiger partial charge is 0.244 e. The monoisotopic (exact) mass is 286 g/mol. The first-order valence-electron chi connectivity index (χ1n) is 6.04. The van der Waals surface area contributed by atoms with Crippen LogP contribution in [0.1, 0.15) is 25.7 Å². The molecule has 0 spiro atoms. The maximum atomic E-state index is 11.8. The van der Waals surface area contributed by atoms with Gasteiger partial charge in [-0.05, 0) is 25.7 Å². The molecule has 0 aromatic rings. The normalized spacial score (nSPS) is 11.5. The highest BCUT2D eigenvalue weighted by Gasteiger charge is 2.22. The summed E-state index contributed by atoms with van der Waals surface area (Å²) >= 11 is 0. The van der Waals surface area contributed by atoms with Gasteiger partial charge in [0.15, 0.2) is 0 Å². The average molecular weight is 286 g/mol. The highest BCUT2D eigenvalue weighted by Crippen LogP contribution is 2.15. The van der Waals surface area contributed by atoms with Crippen molar-refractivity contribution in [2.45, 2.75) is 37.9 Å². The molecule has 0 heterocycles. The Hall–Kier alpha value is -1.17. The van der Waals surface area contributed by atoms with E-state index in [1.165, 1.54) is 0 Å². The molecule has 0 saturated carbocycles. The van der Waals surface area contributed by atoms with Crippen LogP contribution >= 0.6 is 0 Å². The molecule has 0 aliphatic rings. The summed E-state index contributed by atoms with van der Waals surface area (Å²) in [7, 11) is -4.06. The van der Waals surface area contributed by atoms with Crippen LogP contribution in [0.4, 0.5) is 0 Å². The quantitative estimate of drug-likeness (QED) is 0.516. The molecular weight excluding hydrogens is 264 g/mol. The second-order valence-electron chi connectivity index (χ2n) is 3.94. The van der Waals surface area contributed by atoms with Crippen molar-refractivity contribution in [2.24, 2.45) is 0 Å². The van der Waals surface area contributed by atoms with E-state index in [4.69, 9.17) is 8.37 Å². The largest absolute Gasteiger partial charge is 0.400 e. The van der Waals surface area contributed by atoms with Gasteiger partial charge in [-0.15, -0.1) is 26.3 Å². The molecule has 4 nitrogen and oxygen atoms in total. The van der Waals surface area contributed by atoms with Crippen molar-refractivity contribution < 1.29 is 16.8 Å². The molecule has 0 fully saturated rings. The molecule has 0 aromatic heterocycles. The summed E-state index contributed by atoms with van der Waals surface area (Å²) < 4.78 is 33.5. The van der Waals surface area contributed by atoms with E-state index in [0.29, 0.717) is 25.7 Å². The lowest BCUT2D eigenvalue weighted by atomic mass is 10.2. The predicted octanol–water partition coefficient (Wildman–Crippen LogP) is 3.31. The zero-order valence-corrected chi connectivity index (χ0v) is 12.0. The predicted molar refractivity (Wildman–Crippen MR) is 77.9 cm³/mol. The highest BCUT2D eigenvalue weighted by atomic mass is 32.3. The van der Waals surface area contributed by atoms with Crippen molar-refractivity contribution in [3.63, 3.8) is 0 Å². The van der Waals surface area contributed by atoms with Crippen LogP contribution in [0.3, 0.4) is 0 Å². The van der Waals surface area contributed by atoms with Gasteiger partial charge in [-0.25, -0.2) is 8.37 Å². The summed E-state index contributed by atoms with van der Waals surface area (Å²) in [4.78, 5) is 0. The van der Waals surface area contributed by atoms with E-state index in [0.717, 1.165) is 0 Å². The molecule has 0 saturated heterocycles. The van der Waals surface area contributed by atoms with Gasteiger partial charge in [-0.1, -0.05) is 24.3 Å². The van der Waals surface area contributed by atoms with Crippen LogP contribution in [0.15, 0.2) is 50.6 Å². The van der Waals surface area contributed by atoms with E-state index in [1.54, 1.807) is 24.3 Å². The van der Waals surface area contributed by atoms with Crippen molar-refractivity contribution in [1.29, 1.82) is 0 Å². The Kier molecular flexibility index (Phi) is 9.12. The fourth-order valence-corrected chi connectivity index (χ4v) is 2.48. The Morgan fingerprint density at radius 1 is 0.737 bits per heavy atom. The van der Waals surface area contributed by atoms with E-state index >= 15 is 0 Å². The molecule has 19 heavy (non-hydrogen) atoms. The van der Waals surface area contributed by atoms with E-state index < -0.39 is 22.6 Å².